The van der Waals surface area contributed by atoms with E-state index in [0.29, 0.717) is 13.2 Å². The molecule has 0 aliphatic carbocycles. The molecule has 26 heavy (non-hydrogen) atoms. The molecule has 138 valence electrons. The Labute approximate surface area is 159 Å². The lowest BCUT2D eigenvalue weighted by molar-refractivity contribution is -0.120. The van der Waals surface area contributed by atoms with Crippen molar-refractivity contribution in [2.45, 2.75) is 50.0 Å². The van der Waals surface area contributed by atoms with E-state index in [1.807, 2.05) is 56.3 Å². The van der Waals surface area contributed by atoms with E-state index in [2.05, 4.69) is 12.2 Å². The zero-order valence-electron chi connectivity index (χ0n) is 15.5. The minimum Gasteiger partial charge on any atom is -0.494 e. The van der Waals surface area contributed by atoms with Gasteiger partial charge in [-0.2, -0.15) is 0 Å². The van der Waals surface area contributed by atoms with E-state index in [9.17, 15) is 4.79 Å². The molecule has 0 aromatic heterocycles. The molecule has 0 fully saturated rings. The number of nitrogens with one attached hydrogen (secondary N) is 1. The second-order valence-corrected chi connectivity index (χ2v) is 7.84. The Kier molecular flexibility index (Phi) is 6.09. The number of hydrogen-bond acceptors (Lipinski definition) is 4. The molecule has 5 heteroatoms. The first-order valence-electron chi connectivity index (χ1n) is 9.01. The van der Waals surface area contributed by atoms with Crippen LogP contribution in [0.1, 0.15) is 31.9 Å². The molecular formula is C21H25NO3S. The van der Waals surface area contributed by atoms with E-state index in [-0.39, 0.29) is 17.3 Å². The van der Waals surface area contributed by atoms with Crippen molar-refractivity contribution in [2.24, 2.45) is 0 Å². The summed E-state index contributed by atoms with van der Waals surface area (Å²) in [4.78, 5) is 13.6. The van der Waals surface area contributed by atoms with Crippen LogP contribution in [0.25, 0.3) is 0 Å². The molecular weight excluding hydrogens is 346 g/mol. The summed E-state index contributed by atoms with van der Waals surface area (Å²) < 4.78 is 11.6. The van der Waals surface area contributed by atoms with Crippen LogP contribution in [0.2, 0.25) is 0 Å². The molecule has 0 saturated carbocycles. The van der Waals surface area contributed by atoms with Gasteiger partial charge in [0.15, 0.2) is 0 Å². The molecule has 1 aliphatic rings. The topological polar surface area (TPSA) is 47.6 Å². The number of ether oxygens (including phenoxy) is 2. The minimum absolute atomic E-state index is 0.0103. The van der Waals surface area contributed by atoms with Crippen molar-refractivity contribution in [3.8, 4) is 11.5 Å². The number of rotatable bonds is 7. The Balaban J connectivity index is 1.65. The van der Waals surface area contributed by atoms with Crippen molar-refractivity contribution in [3.63, 3.8) is 0 Å². The van der Waals surface area contributed by atoms with Crippen molar-refractivity contribution >= 4 is 17.7 Å². The molecule has 2 aromatic carbocycles. The van der Waals surface area contributed by atoms with Crippen molar-refractivity contribution in [2.75, 3.05) is 6.61 Å². The molecule has 1 amide bonds. The first kappa shape index (κ1) is 18.6. The van der Waals surface area contributed by atoms with Crippen LogP contribution < -0.4 is 14.8 Å². The molecule has 1 N–H and O–H groups in total. The smallest absolute Gasteiger partial charge is 0.233 e. The third-order valence-electron chi connectivity index (χ3n) is 4.26. The van der Waals surface area contributed by atoms with Gasteiger partial charge in [-0.1, -0.05) is 18.2 Å². The zero-order chi connectivity index (χ0) is 18.5. The maximum absolute atomic E-state index is 12.5. The number of carbonyl (C=O) groups is 1. The molecule has 3 rings (SSSR count). The number of thioether (sulfide) groups is 1. The fourth-order valence-electron chi connectivity index (χ4n) is 2.99. The van der Waals surface area contributed by atoms with E-state index in [1.54, 1.807) is 11.8 Å². The predicted molar refractivity (Wildman–Crippen MR) is 105 cm³/mol. The number of hydrogen-bond donors (Lipinski definition) is 1. The van der Waals surface area contributed by atoms with Gasteiger partial charge in [0.25, 0.3) is 0 Å². The van der Waals surface area contributed by atoms with Crippen LogP contribution in [-0.2, 0) is 17.8 Å². The number of benzene rings is 2. The van der Waals surface area contributed by atoms with Crippen molar-refractivity contribution < 1.29 is 14.3 Å². The Hall–Kier alpha value is -2.14. The fourth-order valence-corrected chi connectivity index (χ4v) is 3.91. The van der Waals surface area contributed by atoms with E-state index in [4.69, 9.17) is 9.47 Å². The molecule has 0 radical (unpaired) electrons. The van der Waals surface area contributed by atoms with Gasteiger partial charge in [0, 0.05) is 29.0 Å². The molecule has 0 bridgehead atoms. The standard InChI is InChI=1S/C21H25NO3S/c1-4-24-19-11-16-10-14(2)25-20(16)12-17(19)13-22-21(23)15(3)26-18-8-6-5-7-9-18/h5-9,11-12,14-15H,4,10,13H2,1-3H3,(H,22,23)/t14-,15+/m1/s1. The highest BCUT2D eigenvalue weighted by Crippen LogP contribution is 2.35. The lowest BCUT2D eigenvalue weighted by Crippen LogP contribution is -2.30. The number of amides is 1. The van der Waals surface area contributed by atoms with Crippen LogP contribution in [0.5, 0.6) is 11.5 Å². The van der Waals surface area contributed by atoms with E-state index in [1.165, 1.54) is 5.56 Å². The van der Waals surface area contributed by atoms with E-state index in [0.717, 1.165) is 28.4 Å². The molecule has 2 atom stereocenters. The van der Waals surface area contributed by atoms with E-state index >= 15 is 0 Å². The predicted octanol–water partition coefficient (Wildman–Crippen LogP) is 4.21. The van der Waals surface area contributed by atoms with Crippen LogP contribution in [0.4, 0.5) is 0 Å². The van der Waals surface area contributed by atoms with Crippen molar-refractivity contribution in [1.82, 2.24) is 5.32 Å². The summed E-state index contributed by atoms with van der Waals surface area (Å²) in [5, 5.41) is 2.86. The Bertz CT molecular complexity index is 763. The van der Waals surface area contributed by atoms with Crippen molar-refractivity contribution in [1.29, 1.82) is 0 Å². The molecule has 0 spiro atoms. The van der Waals surface area contributed by atoms with Gasteiger partial charge >= 0.3 is 0 Å². The Morgan fingerprint density at radius 1 is 1.35 bits per heavy atom. The lowest BCUT2D eigenvalue weighted by atomic mass is 10.1. The average Bonchev–Trinajstić information content (AvgIpc) is 2.99. The SMILES string of the molecule is CCOc1cc2c(cc1CNC(=O)[C@H](C)Sc1ccccc1)O[C@H](C)C2. The quantitative estimate of drug-likeness (QED) is 0.741. The van der Waals surface area contributed by atoms with Crippen LogP contribution >= 0.6 is 11.8 Å². The first-order chi connectivity index (χ1) is 12.6. The van der Waals surface area contributed by atoms with Gasteiger partial charge in [0.2, 0.25) is 5.91 Å². The molecule has 0 unspecified atom stereocenters. The summed E-state index contributed by atoms with van der Waals surface area (Å²) in [6.07, 6.45) is 1.08. The summed E-state index contributed by atoms with van der Waals surface area (Å²) in [5.41, 5.74) is 2.12. The van der Waals surface area contributed by atoms with E-state index < -0.39 is 0 Å². The second-order valence-electron chi connectivity index (χ2n) is 6.42. The van der Waals surface area contributed by atoms with Gasteiger partial charge in [-0.25, -0.2) is 0 Å². The zero-order valence-corrected chi connectivity index (χ0v) is 16.3. The molecule has 4 nitrogen and oxygen atoms in total. The molecule has 1 heterocycles. The highest BCUT2D eigenvalue weighted by molar-refractivity contribution is 8.00. The number of fused-ring (bicyclic) bond motifs is 1. The molecule has 2 aromatic rings. The van der Waals surface area contributed by atoms with Gasteiger partial charge in [-0.3, -0.25) is 4.79 Å². The third kappa shape index (κ3) is 4.52. The average molecular weight is 372 g/mol. The minimum atomic E-state index is -0.168. The maximum Gasteiger partial charge on any atom is 0.233 e. The highest BCUT2D eigenvalue weighted by Gasteiger charge is 2.22. The highest BCUT2D eigenvalue weighted by atomic mass is 32.2. The van der Waals surface area contributed by atoms with Crippen LogP contribution in [0, 0.1) is 0 Å². The van der Waals surface area contributed by atoms with Crippen molar-refractivity contribution in [3.05, 3.63) is 53.6 Å². The summed E-state index contributed by atoms with van der Waals surface area (Å²) in [7, 11) is 0. The largest absolute Gasteiger partial charge is 0.494 e. The van der Waals surface area contributed by atoms with Crippen LogP contribution in [0.15, 0.2) is 47.4 Å². The normalized spacial score (nSPS) is 16.5. The van der Waals surface area contributed by atoms with Gasteiger partial charge < -0.3 is 14.8 Å². The number of carbonyl (C=O) groups excluding carboxylic acids is 1. The molecule has 1 aliphatic heterocycles. The van der Waals surface area contributed by atoms with Crippen LogP contribution in [-0.4, -0.2) is 23.9 Å². The van der Waals surface area contributed by atoms with Crippen LogP contribution in [0.3, 0.4) is 0 Å². The van der Waals surface area contributed by atoms with Gasteiger partial charge in [0.1, 0.15) is 17.6 Å². The fraction of sp³-hybridized carbons (Fsp3) is 0.381. The summed E-state index contributed by atoms with van der Waals surface area (Å²) >= 11 is 1.55. The van der Waals surface area contributed by atoms with Gasteiger partial charge in [-0.15, -0.1) is 11.8 Å². The maximum atomic E-state index is 12.5. The van der Waals surface area contributed by atoms with Gasteiger partial charge in [0.05, 0.1) is 11.9 Å². The Morgan fingerprint density at radius 3 is 2.85 bits per heavy atom. The monoisotopic (exact) mass is 371 g/mol. The summed E-state index contributed by atoms with van der Waals surface area (Å²) in [6, 6.07) is 14.0. The lowest BCUT2D eigenvalue weighted by Gasteiger charge is -2.15. The summed E-state index contributed by atoms with van der Waals surface area (Å²) in [6.45, 7) is 6.97. The third-order valence-corrected chi connectivity index (χ3v) is 5.37. The van der Waals surface area contributed by atoms with Gasteiger partial charge in [-0.05, 0) is 45.0 Å². The second kappa shape index (κ2) is 8.49. The Morgan fingerprint density at radius 2 is 2.12 bits per heavy atom. The molecule has 0 saturated heterocycles. The summed E-state index contributed by atoms with van der Waals surface area (Å²) in [5.74, 6) is 1.74. The first-order valence-corrected chi connectivity index (χ1v) is 9.89.